The Hall–Kier alpha value is -4.36. The van der Waals surface area contributed by atoms with Gasteiger partial charge in [-0.1, -0.05) is 66.7 Å². The second kappa shape index (κ2) is 12.9. The Morgan fingerprint density at radius 2 is 1.38 bits per heavy atom. The molecule has 200 valence electrons. The van der Waals surface area contributed by atoms with Crippen molar-refractivity contribution < 1.29 is 28.5 Å². The van der Waals surface area contributed by atoms with E-state index in [4.69, 9.17) is 35.3 Å². The van der Waals surface area contributed by atoms with Crippen molar-refractivity contribution in [3.63, 3.8) is 0 Å². The molecular weight excluding hydrogens is 518 g/mol. The Morgan fingerprint density at radius 1 is 0.744 bits per heavy atom. The number of hydrogen-bond acceptors (Lipinski definition) is 6. The molecule has 1 amide bonds. The summed E-state index contributed by atoms with van der Waals surface area (Å²) in [7, 11) is 0. The van der Waals surface area contributed by atoms with Crippen LogP contribution in [0.25, 0.3) is 0 Å². The molecule has 0 radical (unpaired) electrons. The number of carbonyl (C=O) groups excluding carboxylic acids is 1. The SMILES string of the molecule is O=C(NCc1ccc2c(c1)OCO2)c1c(OCCCl)cc(OCc2ccccc2)cc1OCc1ccccc1. The van der Waals surface area contributed by atoms with E-state index >= 15 is 0 Å². The summed E-state index contributed by atoms with van der Waals surface area (Å²) < 4.78 is 29.0. The third-order valence-electron chi connectivity index (χ3n) is 5.98. The summed E-state index contributed by atoms with van der Waals surface area (Å²) >= 11 is 5.92. The van der Waals surface area contributed by atoms with Crippen molar-refractivity contribution in [2.45, 2.75) is 19.8 Å². The van der Waals surface area contributed by atoms with Gasteiger partial charge in [-0.25, -0.2) is 0 Å². The first-order valence-corrected chi connectivity index (χ1v) is 13.1. The summed E-state index contributed by atoms with van der Waals surface area (Å²) in [5, 5.41) is 2.97. The highest BCUT2D eigenvalue weighted by Gasteiger charge is 2.22. The first-order valence-electron chi connectivity index (χ1n) is 12.6. The lowest BCUT2D eigenvalue weighted by atomic mass is 10.1. The van der Waals surface area contributed by atoms with Gasteiger partial charge in [0.15, 0.2) is 11.5 Å². The molecular formula is C31H28ClNO6. The largest absolute Gasteiger partial charge is 0.491 e. The van der Waals surface area contributed by atoms with E-state index in [1.54, 1.807) is 12.1 Å². The molecule has 7 nitrogen and oxygen atoms in total. The summed E-state index contributed by atoms with van der Waals surface area (Å²) in [5.41, 5.74) is 3.11. The van der Waals surface area contributed by atoms with Crippen molar-refractivity contribution in [3.8, 4) is 28.7 Å². The first kappa shape index (κ1) is 26.3. The average Bonchev–Trinajstić information content (AvgIpc) is 3.45. The molecule has 0 aliphatic carbocycles. The fraction of sp³-hybridized carbons (Fsp3) is 0.194. The topological polar surface area (TPSA) is 75.3 Å². The lowest BCUT2D eigenvalue weighted by molar-refractivity contribution is 0.0942. The minimum atomic E-state index is -0.352. The van der Waals surface area contributed by atoms with Crippen LogP contribution in [0, 0.1) is 0 Å². The number of benzene rings is 4. The van der Waals surface area contributed by atoms with Gasteiger partial charge in [-0.15, -0.1) is 11.6 Å². The monoisotopic (exact) mass is 545 g/mol. The molecule has 8 heteroatoms. The van der Waals surface area contributed by atoms with Crippen LogP contribution in [0.15, 0.2) is 91.0 Å². The van der Waals surface area contributed by atoms with Gasteiger partial charge in [0.25, 0.3) is 5.91 Å². The molecule has 0 fully saturated rings. The zero-order valence-corrected chi connectivity index (χ0v) is 22.0. The van der Waals surface area contributed by atoms with Crippen molar-refractivity contribution in [2.75, 3.05) is 19.3 Å². The standard InChI is InChI=1S/C31H28ClNO6/c32-13-14-35-28-16-25(36-19-22-7-3-1-4-8-22)17-29(37-20-23-9-5-2-6-10-23)30(28)31(34)33-18-24-11-12-26-27(15-24)39-21-38-26/h1-12,15-17H,13-14,18-21H2,(H,33,34). The van der Waals surface area contributed by atoms with Crippen LogP contribution in [0.2, 0.25) is 0 Å². The number of nitrogens with one attached hydrogen (secondary N) is 1. The van der Waals surface area contributed by atoms with E-state index in [-0.39, 0.29) is 43.9 Å². The van der Waals surface area contributed by atoms with E-state index in [9.17, 15) is 4.79 Å². The van der Waals surface area contributed by atoms with Crippen LogP contribution in [-0.2, 0) is 19.8 Å². The van der Waals surface area contributed by atoms with Gasteiger partial charge < -0.3 is 29.0 Å². The molecule has 1 heterocycles. The Morgan fingerprint density at radius 3 is 2.08 bits per heavy atom. The summed E-state index contributed by atoms with van der Waals surface area (Å²) in [5.74, 6) is 2.43. The summed E-state index contributed by atoms with van der Waals surface area (Å²) in [6.07, 6.45) is 0. The quantitative estimate of drug-likeness (QED) is 0.216. The molecule has 4 aromatic carbocycles. The van der Waals surface area contributed by atoms with Gasteiger partial charge in [-0.2, -0.15) is 0 Å². The van der Waals surface area contributed by atoms with Crippen molar-refractivity contribution in [1.82, 2.24) is 5.32 Å². The van der Waals surface area contributed by atoms with Crippen LogP contribution >= 0.6 is 11.6 Å². The highest BCUT2D eigenvalue weighted by atomic mass is 35.5. The maximum absolute atomic E-state index is 13.6. The van der Waals surface area contributed by atoms with Gasteiger partial charge in [0.1, 0.15) is 42.6 Å². The minimum absolute atomic E-state index is 0.188. The molecule has 1 N–H and O–H groups in total. The van der Waals surface area contributed by atoms with Gasteiger partial charge in [0.2, 0.25) is 6.79 Å². The lowest BCUT2D eigenvalue weighted by Crippen LogP contribution is -2.24. The van der Waals surface area contributed by atoms with Crippen LogP contribution in [0.4, 0.5) is 0 Å². The number of hydrogen-bond donors (Lipinski definition) is 1. The van der Waals surface area contributed by atoms with Gasteiger partial charge in [-0.05, 0) is 28.8 Å². The van der Waals surface area contributed by atoms with E-state index < -0.39 is 0 Å². The van der Waals surface area contributed by atoms with E-state index in [2.05, 4.69) is 5.32 Å². The zero-order valence-electron chi connectivity index (χ0n) is 21.2. The predicted octanol–water partition coefficient (Wildman–Crippen LogP) is 6.12. The molecule has 0 atom stereocenters. The number of alkyl halides is 1. The van der Waals surface area contributed by atoms with E-state index in [0.29, 0.717) is 35.4 Å². The summed E-state index contributed by atoms with van der Waals surface area (Å²) in [6, 6.07) is 28.5. The molecule has 0 bridgehead atoms. The first-order chi connectivity index (χ1) is 19.2. The molecule has 5 rings (SSSR count). The molecule has 0 saturated heterocycles. The molecule has 0 unspecified atom stereocenters. The van der Waals surface area contributed by atoms with Crippen LogP contribution in [0.1, 0.15) is 27.0 Å². The van der Waals surface area contributed by atoms with Crippen LogP contribution < -0.4 is 29.0 Å². The van der Waals surface area contributed by atoms with E-state index in [1.807, 2.05) is 78.9 Å². The Balaban J connectivity index is 1.41. The highest BCUT2D eigenvalue weighted by molar-refractivity contribution is 6.18. The fourth-order valence-corrected chi connectivity index (χ4v) is 4.12. The number of carbonyl (C=O) groups is 1. The van der Waals surface area contributed by atoms with Gasteiger partial charge in [0, 0.05) is 18.7 Å². The Kier molecular flexibility index (Phi) is 8.71. The Labute approximate surface area is 232 Å². The molecule has 0 aromatic heterocycles. The van der Waals surface area contributed by atoms with Crippen molar-refractivity contribution in [2.24, 2.45) is 0 Å². The number of halogens is 1. The third-order valence-corrected chi connectivity index (χ3v) is 6.13. The maximum Gasteiger partial charge on any atom is 0.259 e. The zero-order chi connectivity index (χ0) is 26.9. The normalized spacial score (nSPS) is 11.6. The minimum Gasteiger partial charge on any atom is -0.491 e. The van der Waals surface area contributed by atoms with Crippen LogP contribution in [0.5, 0.6) is 28.7 Å². The van der Waals surface area contributed by atoms with E-state index in [1.165, 1.54) is 0 Å². The van der Waals surface area contributed by atoms with Gasteiger partial charge >= 0.3 is 0 Å². The predicted molar refractivity (Wildman–Crippen MR) is 148 cm³/mol. The van der Waals surface area contributed by atoms with Crippen LogP contribution in [0.3, 0.4) is 0 Å². The van der Waals surface area contributed by atoms with Crippen molar-refractivity contribution >= 4 is 17.5 Å². The highest BCUT2D eigenvalue weighted by Crippen LogP contribution is 2.36. The second-order valence-electron chi connectivity index (χ2n) is 8.75. The number of rotatable bonds is 12. The van der Waals surface area contributed by atoms with Gasteiger partial charge in [0.05, 0.1) is 5.88 Å². The third kappa shape index (κ3) is 6.94. The smallest absolute Gasteiger partial charge is 0.259 e. The molecule has 1 aliphatic rings. The van der Waals surface area contributed by atoms with Crippen LogP contribution in [-0.4, -0.2) is 25.2 Å². The van der Waals surface area contributed by atoms with Crippen molar-refractivity contribution in [1.29, 1.82) is 0 Å². The van der Waals surface area contributed by atoms with Crippen molar-refractivity contribution in [3.05, 3.63) is 113 Å². The summed E-state index contributed by atoms with van der Waals surface area (Å²) in [6.45, 7) is 1.29. The Bertz CT molecular complexity index is 1400. The maximum atomic E-state index is 13.6. The summed E-state index contributed by atoms with van der Waals surface area (Å²) in [4.78, 5) is 13.6. The molecule has 1 aliphatic heterocycles. The van der Waals surface area contributed by atoms with E-state index in [0.717, 1.165) is 16.7 Å². The number of amides is 1. The molecule has 4 aromatic rings. The molecule has 39 heavy (non-hydrogen) atoms. The lowest BCUT2D eigenvalue weighted by Gasteiger charge is -2.18. The number of fused-ring (bicyclic) bond motifs is 1. The second-order valence-corrected chi connectivity index (χ2v) is 9.13. The molecule has 0 saturated carbocycles. The molecule has 0 spiro atoms. The average molecular weight is 546 g/mol. The number of ether oxygens (including phenoxy) is 5. The van der Waals surface area contributed by atoms with Gasteiger partial charge in [-0.3, -0.25) is 4.79 Å². The fourth-order valence-electron chi connectivity index (χ4n) is 4.05.